The molecule has 154 valence electrons. The second-order valence-corrected chi connectivity index (χ2v) is 8.96. The summed E-state index contributed by atoms with van der Waals surface area (Å²) in [5.74, 6) is -0.904. The second kappa shape index (κ2) is 8.34. The molecule has 1 atom stereocenters. The predicted octanol–water partition coefficient (Wildman–Crippen LogP) is 2.46. The van der Waals surface area contributed by atoms with Crippen molar-refractivity contribution in [1.82, 2.24) is 4.72 Å². The number of benzene rings is 2. The molecule has 1 saturated heterocycles. The Morgan fingerprint density at radius 1 is 1.17 bits per heavy atom. The van der Waals surface area contributed by atoms with Gasteiger partial charge in [-0.15, -0.1) is 0 Å². The number of rotatable bonds is 6. The van der Waals surface area contributed by atoms with Crippen LogP contribution in [0.25, 0.3) is 0 Å². The first-order valence-electron chi connectivity index (χ1n) is 9.49. The number of aryl methyl sites for hydroxylation is 2. The van der Waals surface area contributed by atoms with Crippen LogP contribution in [0.4, 0.5) is 11.4 Å². The first kappa shape index (κ1) is 21.0. The lowest BCUT2D eigenvalue weighted by Gasteiger charge is -2.17. The topological polar surface area (TPSA) is 95.6 Å². The van der Waals surface area contributed by atoms with Crippen LogP contribution in [0, 0.1) is 12.8 Å². The zero-order chi connectivity index (χ0) is 21.2. The molecular weight excluding hydrogens is 390 g/mol. The molecule has 8 heteroatoms. The maximum Gasteiger partial charge on any atom is 0.240 e. The van der Waals surface area contributed by atoms with E-state index in [1.54, 1.807) is 24.0 Å². The molecule has 0 bridgehead atoms. The summed E-state index contributed by atoms with van der Waals surface area (Å²) in [6.07, 6.45) is 1.04. The SMILES string of the molecule is CCc1ccc(N2C[C@H](C(=O)Nc3ccc(C)c(S(=O)(=O)NC)c3)CC2=O)cc1. The minimum atomic E-state index is -3.63. The van der Waals surface area contributed by atoms with Gasteiger partial charge in [0.2, 0.25) is 21.8 Å². The lowest BCUT2D eigenvalue weighted by Crippen LogP contribution is -2.28. The summed E-state index contributed by atoms with van der Waals surface area (Å²) in [6, 6.07) is 12.5. The Bertz CT molecular complexity index is 1030. The third-order valence-corrected chi connectivity index (χ3v) is 6.72. The lowest BCUT2D eigenvalue weighted by molar-refractivity contribution is -0.122. The molecule has 1 fully saturated rings. The van der Waals surface area contributed by atoms with Crippen LogP contribution in [0.3, 0.4) is 0 Å². The van der Waals surface area contributed by atoms with Crippen molar-refractivity contribution >= 4 is 33.2 Å². The average molecular weight is 416 g/mol. The summed E-state index contributed by atoms with van der Waals surface area (Å²) in [5.41, 5.74) is 2.92. The van der Waals surface area contributed by atoms with Crippen molar-refractivity contribution in [3.8, 4) is 0 Å². The van der Waals surface area contributed by atoms with Crippen LogP contribution in [0.2, 0.25) is 0 Å². The van der Waals surface area contributed by atoms with Crippen LogP contribution in [0.5, 0.6) is 0 Å². The molecule has 2 aromatic carbocycles. The predicted molar refractivity (Wildman–Crippen MR) is 112 cm³/mol. The largest absolute Gasteiger partial charge is 0.326 e. The van der Waals surface area contributed by atoms with Crippen molar-refractivity contribution in [1.29, 1.82) is 0 Å². The summed E-state index contributed by atoms with van der Waals surface area (Å²) in [4.78, 5) is 26.9. The molecular formula is C21H25N3O4S. The number of amides is 2. The van der Waals surface area contributed by atoms with Gasteiger partial charge in [-0.1, -0.05) is 25.1 Å². The van der Waals surface area contributed by atoms with E-state index in [0.717, 1.165) is 12.1 Å². The summed E-state index contributed by atoms with van der Waals surface area (Å²) >= 11 is 0. The third kappa shape index (κ3) is 4.49. The van der Waals surface area contributed by atoms with Gasteiger partial charge in [0.25, 0.3) is 0 Å². The van der Waals surface area contributed by atoms with Crippen LogP contribution in [-0.2, 0) is 26.0 Å². The van der Waals surface area contributed by atoms with E-state index in [4.69, 9.17) is 0 Å². The van der Waals surface area contributed by atoms with E-state index in [1.165, 1.54) is 18.7 Å². The van der Waals surface area contributed by atoms with Gasteiger partial charge in [0.15, 0.2) is 0 Å². The van der Waals surface area contributed by atoms with Crippen molar-refractivity contribution in [2.45, 2.75) is 31.6 Å². The van der Waals surface area contributed by atoms with Gasteiger partial charge in [0.05, 0.1) is 10.8 Å². The van der Waals surface area contributed by atoms with Crippen molar-refractivity contribution in [3.63, 3.8) is 0 Å². The fraction of sp³-hybridized carbons (Fsp3) is 0.333. The number of hydrogen-bond donors (Lipinski definition) is 2. The van der Waals surface area contributed by atoms with Crippen molar-refractivity contribution in [2.24, 2.45) is 5.92 Å². The van der Waals surface area contributed by atoms with Gasteiger partial charge in [-0.2, -0.15) is 0 Å². The Kier molecular flexibility index (Phi) is 6.04. The van der Waals surface area contributed by atoms with Crippen LogP contribution >= 0.6 is 0 Å². The number of hydrogen-bond acceptors (Lipinski definition) is 4. The fourth-order valence-corrected chi connectivity index (χ4v) is 4.36. The zero-order valence-electron chi connectivity index (χ0n) is 16.7. The van der Waals surface area contributed by atoms with Gasteiger partial charge in [-0.25, -0.2) is 13.1 Å². The lowest BCUT2D eigenvalue weighted by atomic mass is 10.1. The summed E-state index contributed by atoms with van der Waals surface area (Å²) in [6.45, 7) is 4.05. The highest BCUT2D eigenvalue weighted by Gasteiger charge is 2.35. The molecule has 2 aromatic rings. The Morgan fingerprint density at radius 3 is 2.48 bits per heavy atom. The minimum absolute atomic E-state index is 0.100. The Balaban J connectivity index is 1.73. The van der Waals surface area contributed by atoms with Crippen molar-refractivity contribution in [2.75, 3.05) is 23.8 Å². The van der Waals surface area contributed by atoms with E-state index in [2.05, 4.69) is 17.0 Å². The smallest absolute Gasteiger partial charge is 0.240 e. The van der Waals surface area contributed by atoms with Gasteiger partial charge in [-0.3, -0.25) is 9.59 Å². The number of carbonyl (C=O) groups excluding carboxylic acids is 2. The van der Waals surface area contributed by atoms with Gasteiger partial charge in [0.1, 0.15) is 0 Å². The maximum absolute atomic E-state index is 12.7. The van der Waals surface area contributed by atoms with Crippen LogP contribution in [0.15, 0.2) is 47.4 Å². The highest BCUT2D eigenvalue weighted by Crippen LogP contribution is 2.27. The second-order valence-electron chi connectivity index (χ2n) is 7.10. The molecule has 29 heavy (non-hydrogen) atoms. The first-order chi connectivity index (χ1) is 13.7. The molecule has 0 aliphatic carbocycles. The minimum Gasteiger partial charge on any atom is -0.326 e. The molecule has 0 spiro atoms. The monoisotopic (exact) mass is 415 g/mol. The standard InChI is InChI=1S/C21H25N3O4S/c1-4-15-6-9-18(10-7-15)24-13-16(11-20(24)25)21(26)23-17-8-5-14(2)19(12-17)29(27,28)22-3/h5-10,12,16,22H,4,11,13H2,1-3H3,(H,23,26)/t16-/m1/s1. The molecule has 0 aromatic heterocycles. The van der Waals surface area contributed by atoms with E-state index >= 15 is 0 Å². The van der Waals surface area contributed by atoms with Gasteiger partial charge >= 0.3 is 0 Å². The van der Waals surface area contributed by atoms with Crippen LogP contribution in [0.1, 0.15) is 24.5 Å². The Morgan fingerprint density at radius 2 is 1.86 bits per heavy atom. The average Bonchev–Trinajstić information content (AvgIpc) is 3.11. The molecule has 0 unspecified atom stereocenters. The van der Waals surface area contributed by atoms with E-state index in [1.807, 2.05) is 24.3 Å². The molecule has 1 aliphatic heterocycles. The van der Waals surface area contributed by atoms with Crippen molar-refractivity contribution < 1.29 is 18.0 Å². The Hall–Kier alpha value is -2.71. The number of anilines is 2. The maximum atomic E-state index is 12.7. The molecule has 1 aliphatic rings. The van der Waals surface area contributed by atoms with Gasteiger partial charge in [0, 0.05) is 24.3 Å². The fourth-order valence-electron chi connectivity index (χ4n) is 3.37. The number of carbonyl (C=O) groups is 2. The number of sulfonamides is 1. The zero-order valence-corrected chi connectivity index (χ0v) is 17.5. The van der Waals surface area contributed by atoms with E-state index in [0.29, 0.717) is 17.8 Å². The van der Waals surface area contributed by atoms with Crippen molar-refractivity contribution in [3.05, 3.63) is 53.6 Å². The summed E-state index contributed by atoms with van der Waals surface area (Å²) in [7, 11) is -2.29. The number of nitrogens with zero attached hydrogens (tertiary/aromatic N) is 1. The highest BCUT2D eigenvalue weighted by atomic mass is 32.2. The molecule has 2 amide bonds. The van der Waals surface area contributed by atoms with Crippen LogP contribution in [-0.4, -0.2) is 33.8 Å². The first-order valence-corrected chi connectivity index (χ1v) is 11.0. The molecule has 2 N–H and O–H groups in total. The highest BCUT2D eigenvalue weighted by molar-refractivity contribution is 7.89. The van der Waals surface area contributed by atoms with E-state index < -0.39 is 15.9 Å². The summed E-state index contributed by atoms with van der Waals surface area (Å²) < 4.78 is 26.5. The number of nitrogens with one attached hydrogen (secondary N) is 2. The molecule has 3 rings (SSSR count). The molecule has 0 saturated carbocycles. The summed E-state index contributed by atoms with van der Waals surface area (Å²) in [5, 5.41) is 2.75. The van der Waals surface area contributed by atoms with E-state index in [9.17, 15) is 18.0 Å². The molecule has 7 nitrogen and oxygen atoms in total. The van der Waals surface area contributed by atoms with Crippen LogP contribution < -0.4 is 14.9 Å². The quantitative estimate of drug-likeness (QED) is 0.758. The third-order valence-electron chi connectivity index (χ3n) is 5.17. The van der Waals surface area contributed by atoms with E-state index in [-0.39, 0.29) is 23.1 Å². The van der Waals surface area contributed by atoms with Gasteiger partial charge in [-0.05, 0) is 55.8 Å². The normalized spacial score (nSPS) is 16.9. The Labute approximate surface area is 171 Å². The molecule has 0 radical (unpaired) electrons. The molecule has 1 heterocycles. The van der Waals surface area contributed by atoms with Gasteiger partial charge < -0.3 is 10.2 Å².